The standard InChI is InChI=1S/C32H37N3O5S.C32H35N3O5S.C29H30N2O4.C3H7NO2S/c2*36-31(33-41(38,39)25-11-12-25)23-10-13-27-28(19-23)35-20-24(32(37)34-14-16-40-17-15-34)18-22-8-4-5-9-26(22)30(35)29(27)21-6-2-1-3-7-21;32-28(30-12-14-35-15-13-30)22-16-20-8-4-5-9-23(20)27-26(19-6-2-1-3-7-19)24-11-10-21(29(33)34)17-25(24)31(27)18-22;4-7(5,6)3-1-2-3/h4-5,8-10,13,19,21,24-25H,1-3,6-7,11-12,14-18,20H2,(H,33,36);4-5,8-10,13,18-19,21,25H,1-3,6-7,11-12,14-17,20H2,(H,33,36);4-5,8-11,16-17,19H,1-3,6-7,12-15,18H2,(H,33,34);3H,1-2H2,(H2,4,5,6). The molecule has 9 heterocycles. The Labute approximate surface area is 723 Å². The maximum atomic E-state index is 13.9. The normalized spacial score (nSPS) is 20.2. The first-order valence-electron chi connectivity index (χ1n) is 44.7. The molecular weight excluding hydrogens is 1630 g/mol. The average Bonchev–Trinajstić information content (AvgIpc) is 1.58. The van der Waals surface area contributed by atoms with Crippen LogP contribution in [0.15, 0.2) is 139 Å². The molecule has 0 spiro atoms. The number of nitrogens with two attached hydrogens (primary N) is 1. The van der Waals surface area contributed by atoms with Crippen LogP contribution in [-0.2, 0) is 84.7 Å². The Hall–Kier alpha value is -10.1. The first kappa shape index (κ1) is 84.8. The van der Waals surface area contributed by atoms with Gasteiger partial charge in [-0.3, -0.25) is 24.0 Å². The third kappa shape index (κ3) is 17.7. The summed E-state index contributed by atoms with van der Waals surface area (Å²) in [6, 6.07) is 41.6. The van der Waals surface area contributed by atoms with E-state index in [0.29, 0.717) is 165 Å². The lowest BCUT2D eigenvalue weighted by Gasteiger charge is -2.30. The topological polar surface area (TPSA) is 327 Å². The van der Waals surface area contributed by atoms with Gasteiger partial charge >= 0.3 is 5.97 Å². The number of morpholine rings is 3. The number of aromatic nitrogens is 3. The van der Waals surface area contributed by atoms with Crippen molar-refractivity contribution in [3.63, 3.8) is 0 Å². The minimum atomic E-state index is -3.67. The lowest BCUT2D eigenvalue weighted by atomic mass is 9.81. The van der Waals surface area contributed by atoms with Crippen molar-refractivity contribution in [1.29, 1.82) is 0 Å². The molecule has 5 amide bonds. The van der Waals surface area contributed by atoms with E-state index >= 15 is 0 Å². The lowest BCUT2D eigenvalue weighted by Crippen LogP contribution is -2.45. The van der Waals surface area contributed by atoms with E-state index in [0.717, 1.165) is 135 Å². The first-order chi connectivity index (χ1) is 60.0. The molecule has 28 heteroatoms. The van der Waals surface area contributed by atoms with Gasteiger partial charge in [-0.1, -0.05) is 149 Å². The minimum absolute atomic E-state index is 0.00134. The quantitative estimate of drug-likeness (QED) is 0.0786. The molecule has 3 aromatic heterocycles. The number of carbonyl (C=O) groups excluding carboxylic acids is 5. The van der Waals surface area contributed by atoms with Crippen molar-refractivity contribution in [3.05, 3.63) is 189 Å². The van der Waals surface area contributed by atoms with Crippen molar-refractivity contribution in [1.82, 2.24) is 37.8 Å². The molecule has 6 aromatic carbocycles. The molecule has 21 rings (SSSR count). The van der Waals surface area contributed by atoms with Gasteiger partial charge in [0.2, 0.25) is 36.0 Å². The van der Waals surface area contributed by atoms with Gasteiger partial charge in [-0.2, -0.15) is 0 Å². The summed E-state index contributed by atoms with van der Waals surface area (Å²) in [5.74, 6) is -1.00. The molecule has 0 radical (unpaired) electrons. The molecule has 1 atom stereocenters. The fourth-order valence-electron chi connectivity index (χ4n) is 20.4. The molecule has 124 heavy (non-hydrogen) atoms. The number of sulfonamides is 3. The third-order valence-corrected chi connectivity index (χ3v) is 32.3. The summed E-state index contributed by atoms with van der Waals surface area (Å²) in [5, 5.41) is 16.6. The van der Waals surface area contributed by atoms with Crippen molar-refractivity contribution in [3.8, 4) is 33.8 Å². The highest BCUT2D eigenvalue weighted by Gasteiger charge is 2.42. The fraction of sp³-hybridized carbons (Fsp3) is 0.458. The number of carboxylic acids is 1. The average molecular weight is 1740 g/mol. The lowest BCUT2D eigenvalue weighted by molar-refractivity contribution is -0.140. The van der Waals surface area contributed by atoms with Gasteiger partial charge < -0.3 is 47.7 Å². The van der Waals surface area contributed by atoms with Gasteiger partial charge in [-0.15, -0.1) is 0 Å². The third-order valence-electron chi connectivity index (χ3n) is 27.2. The van der Waals surface area contributed by atoms with Crippen LogP contribution in [0.5, 0.6) is 0 Å². The van der Waals surface area contributed by atoms with E-state index in [1.54, 1.807) is 24.3 Å². The molecule has 6 saturated carbocycles. The van der Waals surface area contributed by atoms with Crippen LogP contribution in [0.4, 0.5) is 0 Å². The molecule has 9 aromatic rings. The molecule has 6 aliphatic carbocycles. The summed E-state index contributed by atoms with van der Waals surface area (Å²) in [5.41, 5.74) is 18.9. The second-order valence-corrected chi connectivity index (χ2v) is 41.3. The van der Waals surface area contributed by atoms with Gasteiger partial charge in [0, 0.05) is 117 Å². The van der Waals surface area contributed by atoms with E-state index < -0.39 is 58.4 Å². The van der Waals surface area contributed by atoms with E-state index in [1.165, 1.54) is 80.0 Å². The molecular formula is C96H109N9O16S3. The van der Waals surface area contributed by atoms with E-state index in [2.05, 4.69) is 77.7 Å². The maximum Gasteiger partial charge on any atom is 0.335 e. The molecule has 12 aliphatic rings. The van der Waals surface area contributed by atoms with Gasteiger partial charge in [-0.05, 0) is 183 Å². The molecule has 0 bridgehead atoms. The van der Waals surface area contributed by atoms with Crippen LogP contribution < -0.4 is 14.6 Å². The number of hydrogen-bond acceptors (Lipinski definition) is 15. The van der Waals surface area contributed by atoms with E-state index in [4.69, 9.17) is 19.3 Å². The van der Waals surface area contributed by atoms with E-state index in [-0.39, 0.29) is 34.5 Å². The highest BCUT2D eigenvalue weighted by molar-refractivity contribution is 7.91. The van der Waals surface area contributed by atoms with Crippen LogP contribution in [0, 0.1) is 5.92 Å². The monoisotopic (exact) mass is 1740 g/mol. The Balaban J connectivity index is 0.000000122. The number of fused-ring (bicyclic) bond motifs is 15. The van der Waals surface area contributed by atoms with Gasteiger partial charge in [0.05, 0.1) is 97.0 Å². The summed E-state index contributed by atoms with van der Waals surface area (Å²) >= 11 is 0. The maximum absolute atomic E-state index is 13.9. The van der Waals surface area contributed by atoms with Crippen LogP contribution in [0.25, 0.3) is 78.6 Å². The van der Waals surface area contributed by atoms with Gasteiger partial charge in [0.1, 0.15) is 0 Å². The van der Waals surface area contributed by atoms with Crippen LogP contribution in [0.2, 0.25) is 0 Å². The molecule has 3 saturated heterocycles. The molecule has 25 nitrogen and oxygen atoms in total. The number of nitrogens with one attached hydrogen (secondary N) is 2. The number of ether oxygens (including phenoxy) is 3. The Morgan fingerprint density at radius 1 is 0.395 bits per heavy atom. The first-order valence-corrected chi connectivity index (χ1v) is 49.4. The van der Waals surface area contributed by atoms with Crippen LogP contribution in [0.1, 0.15) is 217 Å². The zero-order valence-electron chi connectivity index (χ0n) is 70.0. The van der Waals surface area contributed by atoms with Crippen LogP contribution >= 0.6 is 0 Å². The number of nitrogens with zero attached hydrogens (tertiary/aromatic N) is 6. The van der Waals surface area contributed by atoms with Gasteiger partial charge in [0.15, 0.2) is 0 Å². The Kier molecular flexibility index (Phi) is 24.4. The number of primary sulfonamides is 1. The number of rotatable bonds is 14. The van der Waals surface area contributed by atoms with Crippen molar-refractivity contribution in [2.45, 2.75) is 194 Å². The zero-order valence-corrected chi connectivity index (χ0v) is 72.5. The zero-order chi connectivity index (χ0) is 85.7. The predicted octanol–water partition coefficient (Wildman–Crippen LogP) is 14.2. The second-order valence-electron chi connectivity index (χ2n) is 35.5. The van der Waals surface area contributed by atoms with Crippen molar-refractivity contribution < 1.29 is 73.3 Å². The number of aromatic carboxylic acids is 1. The fourth-order valence-corrected chi connectivity index (χ4v) is 23.8. The smallest absolute Gasteiger partial charge is 0.335 e. The number of benzene rings is 6. The van der Waals surface area contributed by atoms with Crippen LogP contribution in [0.3, 0.4) is 0 Å². The number of carboxylic acid groups (broad SMARTS) is 1. The SMILES string of the molecule is NS(=O)(=O)C1CC1.O=C(NS(=O)(=O)C1CC1)c1ccc2c(C3CCCCC3)c3n(c2c1)CC(C(=O)N1CCOCC1)=Cc1ccccc1-3.O=C(NS(=O)(=O)C1CC1)c1ccc2c(C3CCCCC3)c3n(c2c1)CC(C(=O)N1CCOCC1)Cc1ccccc1-3.O=C(O)c1ccc2c(C3CCCCC3)c3n(c2c1)CC(C(=O)N1CCOCC1)=Cc1ccccc1-3. The Morgan fingerprint density at radius 2 is 0.750 bits per heavy atom. The molecule has 5 N–H and O–H groups in total. The van der Waals surface area contributed by atoms with Gasteiger partial charge in [0.25, 0.3) is 23.6 Å². The Bertz CT molecular complexity index is 6090. The van der Waals surface area contributed by atoms with Crippen LogP contribution in [-0.4, -0.2) is 189 Å². The number of hydrogen-bond donors (Lipinski definition) is 4. The summed E-state index contributed by atoms with van der Waals surface area (Å²) in [4.78, 5) is 85.3. The van der Waals surface area contributed by atoms with Gasteiger partial charge in [-0.25, -0.2) is 44.6 Å². The summed E-state index contributed by atoms with van der Waals surface area (Å²) in [7, 11) is -10.5. The number of amides is 5. The van der Waals surface area contributed by atoms with Crippen molar-refractivity contribution >= 4 is 110 Å². The number of carbonyl (C=O) groups is 6. The highest BCUT2D eigenvalue weighted by Crippen LogP contribution is 2.51. The molecule has 652 valence electrons. The molecule has 6 aliphatic heterocycles. The van der Waals surface area contributed by atoms with E-state index in [9.17, 15) is 59.1 Å². The largest absolute Gasteiger partial charge is 0.478 e. The second kappa shape index (κ2) is 35.8. The summed E-state index contributed by atoms with van der Waals surface area (Å²) in [6.45, 7) is 8.09. The van der Waals surface area contributed by atoms with Crippen molar-refractivity contribution in [2.24, 2.45) is 11.1 Å². The Morgan fingerprint density at radius 3 is 1.14 bits per heavy atom. The predicted molar refractivity (Wildman–Crippen MR) is 477 cm³/mol. The molecule has 9 fully saturated rings. The summed E-state index contributed by atoms with van der Waals surface area (Å²) < 4.78 is 98.2. The highest BCUT2D eigenvalue weighted by atomic mass is 32.2. The van der Waals surface area contributed by atoms with Crippen molar-refractivity contribution in [2.75, 3.05) is 78.9 Å². The van der Waals surface area contributed by atoms with E-state index in [1.807, 2.05) is 75.4 Å². The summed E-state index contributed by atoms with van der Waals surface area (Å²) in [6.07, 6.45) is 26.2. The molecule has 1 unspecified atom stereocenters. The minimum Gasteiger partial charge on any atom is -0.478 e.